The Hall–Kier alpha value is -2.44. The third-order valence-electron chi connectivity index (χ3n) is 4.65. The van der Waals surface area contributed by atoms with Crippen molar-refractivity contribution >= 4 is 33.1 Å². The summed E-state index contributed by atoms with van der Waals surface area (Å²) in [6, 6.07) is 11.8. The van der Waals surface area contributed by atoms with E-state index in [-0.39, 0.29) is 5.91 Å². The SMILES string of the molecule is COCCn1c(=NC(=O)c2ccc(N(C)C)cc2)sc2cc(C)c(C)cc21. The second-order valence-corrected chi connectivity index (χ2v) is 7.80. The fourth-order valence-electron chi connectivity index (χ4n) is 2.86. The molecule has 3 rings (SSSR count). The minimum Gasteiger partial charge on any atom is -0.383 e. The van der Waals surface area contributed by atoms with Crippen LogP contribution in [0.2, 0.25) is 0 Å². The number of ether oxygens (including phenoxy) is 1. The molecule has 0 radical (unpaired) electrons. The van der Waals surface area contributed by atoms with Crippen LogP contribution in [0.5, 0.6) is 0 Å². The van der Waals surface area contributed by atoms with Gasteiger partial charge in [-0.15, -0.1) is 0 Å². The Morgan fingerprint density at radius 3 is 2.44 bits per heavy atom. The van der Waals surface area contributed by atoms with Crippen LogP contribution in [0.25, 0.3) is 10.2 Å². The normalized spacial score (nSPS) is 12.0. The second-order valence-electron chi connectivity index (χ2n) is 6.79. The first-order valence-electron chi connectivity index (χ1n) is 8.86. The molecule has 27 heavy (non-hydrogen) atoms. The molecule has 6 heteroatoms. The van der Waals surface area contributed by atoms with Crippen molar-refractivity contribution in [3.05, 3.63) is 57.9 Å². The van der Waals surface area contributed by atoms with E-state index in [4.69, 9.17) is 4.74 Å². The lowest BCUT2D eigenvalue weighted by Crippen LogP contribution is -2.19. The largest absolute Gasteiger partial charge is 0.383 e. The number of hydrogen-bond donors (Lipinski definition) is 0. The lowest BCUT2D eigenvalue weighted by molar-refractivity contribution is 0.0997. The van der Waals surface area contributed by atoms with E-state index in [1.54, 1.807) is 7.11 Å². The number of fused-ring (bicyclic) bond motifs is 1. The molecule has 5 nitrogen and oxygen atoms in total. The number of carbonyl (C=O) groups is 1. The number of methoxy groups -OCH3 is 1. The molecule has 1 aromatic heterocycles. The molecule has 3 aromatic rings. The summed E-state index contributed by atoms with van der Waals surface area (Å²) in [4.78, 5) is 19.8. The topological polar surface area (TPSA) is 46.8 Å². The highest BCUT2D eigenvalue weighted by Crippen LogP contribution is 2.22. The van der Waals surface area contributed by atoms with E-state index < -0.39 is 0 Å². The number of carbonyl (C=O) groups excluding carboxylic acids is 1. The summed E-state index contributed by atoms with van der Waals surface area (Å²) < 4.78 is 8.45. The Balaban J connectivity index is 2.06. The van der Waals surface area contributed by atoms with E-state index in [1.165, 1.54) is 22.5 Å². The molecule has 0 bridgehead atoms. The smallest absolute Gasteiger partial charge is 0.279 e. The van der Waals surface area contributed by atoms with E-state index in [2.05, 4.69) is 35.5 Å². The van der Waals surface area contributed by atoms with Gasteiger partial charge in [0.2, 0.25) is 0 Å². The molecule has 0 aliphatic heterocycles. The zero-order valence-corrected chi connectivity index (χ0v) is 17.3. The van der Waals surface area contributed by atoms with Crippen LogP contribution in [-0.2, 0) is 11.3 Å². The molecule has 0 spiro atoms. The summed E-state index contributed by atoms with van der Waals surface area (Å²) in [5.41, 5.74) is 5.19. The molecule has 2 aromatic carbocycles. The van der Waals surface area contributed by atoms with Crippen molar-refractivity contribution in [3.63, 3.8) is 0 Å². The van der Waals surface area contributed by atoms with Crippen molar-refractivity contribution < 1.29 is 9.53 Å². The van der Waals surface area contributed by atoms with Crippen LogP contribution in [-0.4, -0.2) is 38.3 Å². The average Bonchev–Trinajstić information content (AvgIpc) is 2.96. The van der Waals surface area contributed by atoms with Crippen molar-refractivity contribution in [2.24, 2.45) is 4.99 Å². The predicted octanol–water partition coefficient (Wildman–Crippen LogP) is 3.77. The van der Waals surface area contributed by atoms with Gasteiger partial charge in [-0.05, 0) is 61.4 Å². The van der Waals surface area contributed by atoms with Crippen LogP contribution in [0, 0.1) is 13.8 Å². The molecular weight excluding hydrogens is 358 g/mol. The van der Waals surface area contributed by atoms with Crippen LogP contribution in [0.1, 0.15) is 21.5 Å². The lowest BCUT2D eigenvalue weighted by atomic mass is 10.1. The van der Waals surface area contributed by atoms with Crippen molar-refractivity contribution in [2.45, 2.75) is 20.4 Å². The third kappa shape index (κ3) is 4.12. The van der Waals surface area contributed by atoms with Crippen molar-refractivity contribution in [2.75, 3.05) is 32.7 Å². The zero-order chi connectivity index (χ0) is 19.6. The number of aryl methyl sites for hydroxylation is 2. The highest BCUT2D eigenvalue weighted by molar-refractivity contribution is 7.16. The van der Waals surface area contributed by atoms with E-state index in [1.807, 2.05) is 43.3 Å². The van der Waals surface area contributed by atoms with Gasteiger partial charge in [-0.3, -0.25) is 4.79 Å². The summed E-state index contributed by atoms with van der Waals surface area (Å²) in [7, 11) is 5.63. The number of anilines is 1. The fraction of sp³-hybridized carbons (Fsp3) is 0.333. The maximum atomic E-state index is 12.7. The quantitative estimate of drug-likeness (QED) is 0.674. The summed E-state index contributed by atoms with van der Waals surface area (Å²) in [6.07, 6.45) is 0. The van der Waals surface area contributed by atoms with Gasteiger partial charge in [0.25, 0.3) is 5.91 Å². The van der Waals surface area contributed by atoms with Gasteiger partial charge < -0.3 is 14.2 Å². The predicted molar refractivity (Wildman–Crippen MR) is 112 cm³/mol. The van der Waals surface area contributed by atoms with Crippen molar-refractivity contribution in [3.8, 4) is 0 Å². The first-order chi connectivity index (χ1) is 12.9. The van der Waals surface area contributed by atoms with Crippen LogP contribution in [0.15, 0.2) is 41.4 Å². The summed E-state index contributed by atoms with van der Waals surface area (Å²) >= 11 is 1.54. The lowest BCUT2D eigenvalue weighted by Gasteiger charge is -2.11. The monoisotopic (exact) mass is 383 g/mol. The molecule has 0 aliphatic carbocycles. The van der Waals surface area contributed by atoms with E-state index in [0.717, 1.165) is 15.9 Å². The number of benzene rings is 2. The zero-order valence-electron chi connectivity index (χ0n) is 16.4. The maximum absolute atomic E-state index is 12.7. The number of thiazole rings is 1. The van der Waals surface area contributed by atoms with Crippen LogP contribution in [0.4, 0.5) is 5.69 Å². The second kappa shape index (κ2) is 8.06. The first-order valence-corrected chi connectivity index (χ1v) is 9.68. The number of rotatable bonds is 5. The standard InChI is InChI=1S/C21H25N3O2S/c1-14-12-18-19(13-15(14)2)27-21(24(18)10-11-26-5)22-20(25)16-6-8-17(9-7-16)23(3)4/h6-9,12-13H,10-11H2,1-5H3. The number of nitrogens with zero attached hydrogens (tertiary/aromatic N) is 3. The van der Waals surface area contributed by atoms with Gasteiger partial charge in [-0.2, -0.15) is 4.99 Å². The summed E-state index contributed by atoms with van der Waals surface area (Å²) in [5.74, 6) is -0.230. The minimum atomic E-state index is -0.230. The van der Waals surface area contributed by atoms with Crippen molar-refractivity contribution in [1.29, 1.82) is 0 Å². The summed E-state index contributed by atoms with van der Waals surface area (Å²) in [6.45, 7) is 5.42. The van der Waals surface area contributed by atoms with Crippen LogP contribution >= 0.6 is 11.3 Å². The first kappa shape index (κ1) is 19.3. The molecule has 0 saturated carbocycles. The highest BCUT2D eigenvalue weighted by Gasteiger charge is 2.11. The van der Waals surface area contributed by atoms with Gasteiger partial charge in [0.15, 0.2) is 4.80 Å². The van der Waals surface area contributed by atoms with Crippen LogP contribution in [0.3, 0.4) is 0 Å². The van der Waals surface area contributed by atoms with E-state index >= 15 is 0 Å². The highest BCUT2D eigenvalue weighted by atomic mass is 32.1. The minimum absolute atomic E-state index is 0.230. The van der Waals surface area contributed by atoms with Gasteiger partial charge in [0.1, 0.15) is 0 Å². The van der Waals surface area contributed by atoms with E-state index in [0.29, 0.717) is 23.5 Å². The Bertz CT molecular complexity index is 1030. The van der Waals surface area contributed by atoms with Gasteiger partial charge in [0.05, 0.1) is 16.8 Å². The Morgan fingerprint density at radius 2 is 1.81 bits per heavy atom. The maximum Gasteiger partial charge on any atom is 0.279 e. The molecular formula is C21H25N3O2S. The van der Waals surface area contributed by atoms with Crippen LogP contribution < -0.4 is 9.70 Å². The fourth-order valence-corrected chi connectivity index (χ4v) is 3.99. The molecule has 0 atom stereocenters. The number of hydrogen-bond acceptors (Lipinski definition) is 4. The van der Waals surface area contributed by atoms with E-state index in [9.17, 15) is 4.79 Å². The molecule has 0 saturated heterocycles. The Kier molecular flexibility index (Phi) is 5.77. The molecule has 0 unspecified atom stereocenters. The summed E-state index contributed by atoms with van der Waals surface area (Å²) in [5, 5.41) is 0. The number of amides is 1. The molecule has 0 aliphatic rings. The molecule has 1 amide bonds. The number of aromatic nitrogens is 1. The average molecular weight is 384 g/mol. The van der Waals surface area contributed by atoms with Gasteiger partial charge >= 0.3 is 0 Å². The third-order valence-corrected chi connectivity index (χ3v) is 5.69. The van der Waals surface area contributed by atoms with Gasteiger partial charge in [-0.25, -0.2) is 0 Å². The molecule has 1 heterocycles. The van der Waals surface area contributed by atoms with Gasteiger partial charge in [-0.1, -0.05) is 11.3 Å². The Morgan fingerprint density at radius 1 is 1.15 bits per heavy atom. The Labute approximate surface area is 163 Å². The molecule has 142 valence electrons. The molecule has 0 fully saturated rings. The van der Waals surface area contributed by atoms with Gasteiger partial charge in [0, 0.05) is 39.0 Å². The van der Waals surface area contributed by atoms with Crippen molar-refractivity contribution in [1.82, 2.24) is 4.57 Å². The molecule has 0 N–H and O–H groups in total.